The molecule has 0 saturated carbocycles. The summed E-state index contributed by atoms with van der Waals surface area (Å²) in [6.45, 7) is 8.04. The standard InChI is InChI=1S/C28H32FN3O4/c1-17(2)21-14-22(19-7-9-20(29)10-8-19)30-23-15-25(36-26(21)23)27(33)31-11-12-32(18(3)16-31)28(34)24-6-4-5-13-35-24/h7-10,14-15,17-18,24H,4-6,11-13,16H2,1-3H3/t18-,24?/m0/s1. The number of benzene rings is 1. The molecule has 1 unspecified atom stereocenters. The summed E-state index contributed by atoms with van der Waals surface area (Å²) in [6, 6.07) is 9.73. The zero-order valence-corrected chi connectivity index (χ0v) is 21.0. The fraction of sp³-hybridized carbons (Fsp3) is 0.464. The molecule has 2 atom stereocenters. The molecule has 2 aliphatic rings. The number of furan rings is 1. The molecule has 190 valence electrons. The van der Waals surface area contributed by atoms with E-state index in [1.54, 1.807) is 23.1 Å². The van der Waals surface area contributed by atoms with Crippen molar-refractivity contribution >= 4 is 22.9 Å². The number of carbonyl (C=O) groups is 2. The van der Waals surface area contributed by atoms with Gasteiger partial charge in [-0.15, -0.1) is 0 Å². The summed E-state index contributed by atoms with van der Waals surface area (Å²) in [6.07, 6.45) is 2.40. The average Bonchev–Trinajstić information content (AvgIpc) is 3.32. The van der Waals surface area contributed by atoms with E-state index in [4.69, 9.17) is 14.1 Å². The minimum absolute atomic E-state index is 0.0251. The van der Waals surface area contributed by atoms with E-state index in [2.05, 4.69) is 13.8 Å². The van der Waals surface area contributed by atoms with E-state index in [0.717, 1.165) is 30.4 Å². The second-order valence-corrected chi connectivity index (χ2v) is 10.1. The van der Waals surface area contributed by atoms with Gasteiger partial charge in [0, 0.05) is 49.5 Å². The van der Waals surface area contributed by atoms with Crippen molar-refractivity contribution in [2.24, 2.45) is 0 Å². The highest BCUT2D eigenvalue weighted by Crippen LogP contribution is 2.32. The summed E-state index contributed by atoms with van der Waals surface area (Å²) in [7, 11) is 0. The van der Waals surface area contributed by atoms with E-state index >= 15 is 0 Å². The van der Waals surface area contributed by atoms with E-state index in [0.29, 0.717) is 43.0 Å². The van der Waals surface area contributed by atoms with Gasteiger partial charge < -0.3 is 19.0 Å². The number of nitrogens with zero attached hydrogens (tertiary/aromatic N) is 3. The maximum atomic E-state index is 13.4. The van der Waals surface area contributed by atoms with Crippen LogP contribution >= 0.6 is 0 Å². The second-order valence-electron chi connectivity index (χ2n) is 10.1. The lowest BCUT2D eigenvalue weighted by Gasteiger charge is -2.41. The molecule has 36 heavy (non-hydrogen) atoms. The molecule has 8 heteroatoms. The van der Waals surface area contributed by atoms with Crippen molar-refractivity contribution in [1.82, 2.24) is 14.8 Å². The lowest BCUT2D eigenvalue weighted by atomic mass is 10.00. The maximum absolute atomic E-state index is 13.4. The number of amides is 2. The first-order valence-corrected chi connectivity index (χ1v) is 12.7. The molecule has 0 spiro atoms. The summed E-state index contributed by atoms with van der Waals surface area (Å²) in [5.74, 6) is -0.114. The Hall–Kier alpha value is -3.26. The van der Waals surface area contributed by atoms with Gasteiger partial charge in [0.15, 0.2) is 11.3 Å². The summed E-state index contributed by atoms with van der Waals surface area (Å²) in [5, 5.41) is 0. The third kappa shape index (κ3) is 4.74. The van der Waals surface area contributed by atoms with Gasteiger partial charge in [-0.3, -0.25) is 9.59 Å². The van der Waals surface area contributed by atoms with Crippen molar-refractivity contribution in [3.05, 3.63) is 53.5 Å². The Balaban J connectivity index is 1.37. The number of fused-ring (bicyclic) bond motifs is 1. The zero-order chi connectivity index (χ0) is 25.4. The fourth-order valence-corrected chi connectivity index (χ4v) is 5.09. The van der Waals surface area contributed by atoms with Crippen LogP contribution in [0.25, 0.3) is 22.4 Å². The maximum Gasteiger partial charge on any atom is 0.289 e. The Labute approximate surface area is 210 Å². The molecule has 2 amide bonds. The number of halogens is 1. The molecule has 7 nitrogen and oxygen atoms in total. The summed E-state index contributed by atoms with van der Waals surface area (Å²) < 4.78 is 25.2. The van der Waals surface area contributed by atoms with Gasteiger partial charge in [0.25, 0.3) is 11.8 Å². The van der Waals surface area contributed by atoms with Crippen LogP contribution in [-0.4, -0.2) is 65.0 Å². The number of ether oxygens (including phenoxy) is 1. The summed E-state index contributed by atoms with van der Waals surface area (Å²) >= 11 is 0. The lowest BCUT2D eigenvalue weighted by molar-refractivity contribution is -0.150. The van der Waals surface area contributed by atoms with E-state index in [1.807, 2.05) is 17.9 Å². The van der Waals surface area contributed by atoms with Crippen molar-refractivity contribution in [3.63, 3.8) is 0 Å². The smallest absolute Gasteiger partial charge is 0.289 e. The largest absolute Gasteiger partial charge is 0.449 e. The van der Waals surface area contributed by atoms with Crippen LogP contribution in [0.2, 0.25) is 0 Å². The molecule has 0 aliphatic carbocycles. The van der Waals surface area contributed by atoms with E-state index in [9.17, 15) is 14.0 Å². The zero-order valence-electron chi connectivity index (χ0n) is 21.0. The van der Waals surface area contributed by atoms with Crippen LogP contribution in [0.3, 0.4) is 0 Å². The van der Waals surface area contributed by atoms with E-state index in [-0.39, 0.29) is 41.5 Å². The highest BCUT2D eigenvalue weighted by Gasteiger charge is 2.35. The van der Waals surface area contributed by atoms with Crippen LogP contribution in [-0.2, 0) is 9.53 Å². The van der Waals surface area contributed by atoms with Crippen LogP contribution in [0.1, 0.15) is 62.1 Å². The third-order valence-electron chi connectivity index (χ3n) is 7.13. The quantitative estimate of drug-likeness (QED) is 0.511. The van der Waals surface area contributed by atoms with Gasteiger partial charge in [-0.1, -0.05) is 13.8 Å². The number of carbonyl (C=O) groups excluding carboxylic acids is 2. The number of aromatic nitrogens is 1. The molecule has 1 aromatic carbocycles. The highest BCUT2D eigenvalue weighted by molar-refractivity contribution is 5.96. The Morgan fingerprint density at radius 2 is 1.89 bits per heavy atom. The lowest BCUT2D eigenvalue weighted by Crippen LogP contribution is -2.57. The van der Waals surface area contributed by atoms with Gasteiger partial charge in [-0.05, 0) is 62.4 Å². The SMILES string of the molecule is CC(C)c1cc(-c2ccc(F)cc2)nc2cc(C(=O)N3CCN(C(=O)C4CCCCO4)[C@@H](C)C3)oc12. The van der Waals surface area contributed by atoms with Gasteiger partial charge >= 0.3 is 0 Å². The molecule has 2 aromatic heterocycles. The fourth-order valence-electron chi connectivity index (χ4n) is 5.09. The Morgan fingerprint density at radius 3 is 2.56 bits per heavy atom. The van der Waals surface area contributed by atoms with Crippen LogP contribution < -0.4 is 0 Å². The van der Waals surface area contributed by atoms with Crippen molar-refractivity contribution in [2.75, 3.05) is 26.2 Å². The van der Waals surface area contributed by atoms with Gasteiger partial charge in [0.05, 0.1) is 5.69 Å². The van der Waals surface area contributed by atoms with Crippen LogP contribution in [0.5, 0.6) is 0 Å². The number of pyridine rings is 1. The Kier molecular flexibility index (Phi) is 6.79. The monoisotopic (exact) mass is 493 g/mol. The average molecular weight is 494 g/mol. The van der Waals surface area contributed by atoms with E-state index in [1.165, 1.54) is 12.1 Å². The second kappa shape index (κ2) is 10.0. The van der Waals surface area contributed by atoms with Gasteiger partial charge in [0.1, 0.15) is 17.4 Å². The minimum Gasteiger partial charge on any atom is -0.449 e. The number of piperazine rings is 1. The first-order chi connectivity index (χ1) is 17.3. The van der Waals surface area contributed by atoms with Gasteiger partial charge in [-0.2, -0.15) is 0 Å². The first-order valence-electron chi connectivity index (χ1n) is 12.7. The van der Waals surface area contributed by atoms with E-state index < -0.39 is 0 Å². The summed E-state index contributed by atoms with van der Waals surface area (Å²) in [4.78, 5) is 34.6. The molecule has 0 bridgehead atoms. The molecule has 0 radical (unpaired) electrons. The van der Waals surface area contributed by atoms with Crippen molar-refractivity contribution in [3.8, 4) is 11.3 Å². The van der Waals surface area contributed by atoms with Gasteiger partial charge in [0.2, 0.25) is 0 Å². The highest BCUT2D eigenvalue weighted by atomic mass is 19.1. The molecule has 0 N–H and O–H groups in total. The Morgan fingerprint density at radius 1 is 1.11 bits per heavy atom. The number of rotatable bonds is 4. The molecule has 2 saturated heterocycles. The molecule has 5 rings (SSSR count). The van der Waals surface area contributed by atoms with Crippen LogP contribution in [0, 0.1) is 5.82 Å². The molecular weight excluding hydrogens is 461 g/mol. The molecule has 3 aromatic rings. The van der Waals surface area contributed by atoms with Crippen LogP contribution in [0.15, 0.2) is 40.8 Å². The van der Waals surface area contributed by atoms with Crippen molar-refractivity contribution < 1.29 is 23.1 Å². The molecule has 2 fully saturated rings. The van der Waals surface area contributed by atoms with Crippen LogP contribution in [0.4, 0.5) is 4.39 Å². The molecule has 4 heterocycles. The molecular formula is C28H32FN3O4. The third-order valence-corrected chi connectivity index (χ3v) is 7.13. The number of hydrogen-bond acceptors (Lipinski definition) is 5. The summed E-state index contributed by atoms with van der Waals surface area (Å²) in [5.41, 5.74) is 3.63. The topological polar surface area (TPSA) is 75.9 Å². The van der Waals surface area contributed by atoms with Gasteiger partial charge in [-0.25, -0.2) is 9.37 Å². The van der Waals surface area contributed by atoms with Crippen molar-refractivity contribution in [2.45, 2.75) is 58.1 Å². The Bertz CT molecular complexity index is 1260. The predicted octanol–water partition coefficient (Wildman–Crippen LogP) is 5.00. The molecule has 2 aliphatic heterocycles. The number of hydrogen-bond donors (Lipinski definition) is 0. The predicted molar refractivity (Wildman–Crippen MR) is 134 cm³/mol. The normalized spacial score (nSPS) is 20.8. The van der Waals surface area contributed by atoms with Crippen molar-refractivity contribution in [1.29, 1.82) is 0 Å². The minimum atomic E-state index is -0.366. The first kappa shape index (κ1) is 24.4.